The van der Waals surface area contributed by atoms with Gasteiger partial charge in [0.25, 0.3) is 0 Å². The summed E-state index contributed by atoms with van der Waals surface area (Å²) in [5.74, 6) is 0.411. The third-order valence-electron chi connectivity index (χ3n) is 3.66. The molecule has 1 N–H and O–H groups in total. The summed E-state index contributed by atoms with van der Waals surface area (Å²) in [6, 6.07) is 6.29. The highest BCUT2D eigenvalue weighted by molar-refractivity contribution is 5.32. The Kier molecular flexibility index (Phi) is 3.29. The molecule has 16 heavy (non-hydrogen) atoms. The van der Waals surface area contributed by atoms with Gasteiger partial charge in [-0.1, -0.05) is 13.0 Å². The quantitative estimate of drug-likeness (QED) is 0.807. The number of hydrogen-bond donors (Lipinski definition) is 1. The number of aryl methyl sites for hydroxylation is 1. The molecule has 0 radical (unpaired) electrons. The van der Waals surface area contributed by atoms with Crippen LogP contribution < -0.4 is 5.32 Å². The van der Waals surface area contributed by atoms with Gasteiger partial charge in [0.2, 0.25) is 0 Å². The zero-order chi connectivity index (χ0) is 11.7. The van der Waals surface area contributed by atoms with Crippen LogP contribution in [0.15, 0.2) is 18.2 Å². The van der Waals surface area contributed by atoms with Gasteiger partial charge in [-0.05, 0) is 49.9 Å². The van der Waals surface area contributed by atoms with Crippen molar-refractivity contribution in [1.29, 1.82) is 0 Å². The van der Waals surface area contributed by atoms with Crippen LogP contribution in [-0.4, -0.2) is 12.1 Å². The van der Waals surface area contributed by atoms with Crippen LogP contribution in [0.1, 0.15) is 43.7 Å². The van der Waals surface area contributed by atoms with E-state index in [4.69, 9.17) is 0 Å². The van der Waals surface area contributed by atoms with Crippen LogP contribution >= 0.6 is 0 Å². The van der Waals surface area contributed by atoms with Crippen molar-refractivity contribution in [3.63, 3.8) is 0 Å². The minimum Gasteiger partial charge on any atom is -0.311 e. The molecule has 1 saturated heterocycles. The molecule has 0 amide bonds. The molecule has 3 atom stereocenters. The Morgan fingerprint density at radius 2 is 2.19 bits per heavy atom. The van der Waals surface area contributed by atoms with Crippen LogP contribution in [0, 0.1) is 12.7 Å². The summed E-state index contributed by atoms with van der Waals surface area (Å²) in [5, 5.41) is 3.60. The average molecular weight is 221 g/mol. The molecule has 1 aromatic carbocycles. The third kappa shape index (κ3) is 2.12. The fraction of sp³-hybridized carbons (Fsp3) is 0.571. The number of nitrogens with one attached hydrogen (secondary N) is 1. The van der Waals surface area contributed by atoms with E-state index in [1.807, 2.05) is 13.0 Å². The monoisotopic (exact) mass is 221 g/mol. The van der Waals surface area contributed by atoms with E-state index in [9.17, 15) is 4.39 Å². The Bertz CT molecular complexity index is 375. The lowest BCUT2D eigenvalue weighted by Gasteiger charge is -2.20. The highest BCUT2D eigenvalue weighted by Gasteiger charge is 2.31. The van der Waals surface area contributed by atoms with E-state index < -0.39 is 0 Å². The Hall–Kier alpha value is -0.890. The van der Waals surface area contributed by atoms with Gasteiger partial charge in [-0.15, -0.1) is 0 Å². The highest BCUT2D eigenvalue weighted by Crippen LogP contribution is 2.34. The first kappa shape index (κ1) is 11.6. The molecular formula is C14H20FN. The van der Waals surface area contributed by atoms with Crippen molar-refractivity contribution in [3.05, 3.63) is 35.1 Å². The Labute approximate surface area is 97.1 Å². The number of halogens is 1. The highest BCUT2D eigenvalue weighted by atomic mass is 19.1. The smallest absolute Gasteiger partial charge is 0.123 e. The maximum absolute atomic E-state index is 13.1. The second-order valence-electron chi connectivity index (χ2n) is 4.93. The predicted molar refractivity (Wildman–Crippen MR) is 65.2 cm³/mol. The van der Waals surface area contributed by atoms with Gasteiger partial charge in [0, 0.05) is 18.0 Å². The molecule has 2 heteroatoms. The zero-order valence-electron chi connectivity index (χ0n) is 10.3. The van der Waals surface area contributed by atoms with E-state index >= 15 is 0 Å². The first-order chi connectivity index (χ1) is 7.61. The Morgan fingerprint density at radius 3 is 2.81 bits per heavy atom. The number of benzene rings is 1. The maximum atomic E-state index is 13.1. The predicted octanol–water partition coefficient (Wildman–Crippen LogP) is 3.38. The lowest BCUT2D eigenvalue weighted by Crippen LogP contribution is -2.28. The molecule has 2 rings (SSSR count). The van der Waals surface area contributed by atoms with E-state index in [1.54, 1.807) is 12.1 Å². The molecule has 1 nitrogen and oxygen atoms in total. The molecule has 1 fully saturated rings. The van der Waals surface area contributed by atoms with E-state index in [-0.39, 0.29) is 5.82 Å². The summed E-state index contributed by atoms with van der Waals surface area (Å²) in [7, 11) is 0. The van der Waals surface area contributed by atoms with Gasteiger partial charge in [-0.2, -0.15) is 0 Å². The third-order valence-corrected chi connectivity index (χ3v) is 3.66. The van der Waals surface area contributed by atoms with Gasteiger partial charge in [0.05, 0.1) is 0 Å². The molecule has 0 aromatic heterocycles. The van der Waals surface area contributed by atoms with Crippen LogP contribution in [-0.2, 0) is 0 Å². The first-order valence-electron chi connectivity index (χ1n) is 6.14. The molecular weight excluding hydrogens is 201 g/mol. The Balaban J connectivity index is 2.29. The van der Waals surface area contributed by atoms with Crippen molar-refractivity contribution in [2.75, 3.05) is 0 Å². The van der Waals surface area contributed by atoms with E-state index in [1.165, 1.54) is 5.56 Å². The zero-order valence-corrected chi connectivity index (χ0v) is 10.3. The van der Waals surface area contributed by atoms with Crippen LogP contribution in [0.2, 0.25) is 0 Å². The molecule has 1 aliphatic rings. The average Bonchev–Trinajstić information content (AvgIpc) is 2.59. The summed E-state index contributed by atoms with van der Waals surface area (Å²) in [4.78, 5) is 0. The SMILES string of the molecule is CCC1NC(C)CC1c1ccc(F)cc1C. The number of hydrogen-bond acceptors (Lipinski definition) is 1. The van der Waals surface area contributed by atoms with Gasteiger partial charge >= 0.3 is 0 Å². The van der Waals surface area contributed by atoms with Gasteiger partial charge in [0.1, 0.15) is 5.82 Å². The molecule has 1 aliphatic heterocycles. The summed E-state index contributed by atoms with van der Waals surface area (Å²) < 4.78 is 13.1. The number of rotatable bonds is 2. The van der Waals surface area contributed by atoms with E-state index in [0.29, 0.717) is 18.0 Å². The summed E-state index contributed by atoms with van der Waals surface area (Å²) in [6.07, 6.45) is 2.29. The maximum Gasteiger partial charge on any atom is 0.123 e. The minimum atomic E-state index is -0.131. The van der Waals surface area contributed by atoms with Crippen LogP contribution in [0.5, 0.6) is 0 Å². The van der Waals surface area contributed by atoms with E-state index in [2.05, 4.69) is 19.2 Å². The van der Waals surface area contributed by atoms with Gasteiger partial charge in [-0.25, -0.2) is 4.39 Å². The molecule has 0 aliphatic carbocycles. The molecule has 1 heterocycles. The normalized spacial score (nSPS) is 29.6. The molecule has 3 unspecified atom stereocenters. The van der Waals surface area contributed by atoms with Gasteiger partial charge in [-0.3, -0.25) is 0 Å². The van der Waals surface area contributed by atoms with E-state index in [0.717, 1.165) is 18.4 Å². The molecule has 0 saturated carbocycles. The van der Waals surface area contributed by atoms with Gasteiger partial charge < -0.3 is 5.32 Å². The van der Waals surface area contributed by atoms with Crippen LogP contribution in [0.3, 0.4) is 0 Å². The first-order valence-corrected chi connectivity index (χ1v) is 6.14. The largest absolute Gasteiger partial charge is 0.311 e. The second kappa shape index (κ2) is 4.54. The second-order valence-corrected chi connectivity index (χ2v) is 4.93. The summed E-state index contributed by atoms with van der Waals surface area (Å²) in [5.41, 5.74) is 2.39. The minimum absolute atomic E-state index is 0.131. The molecule has 0 bridgehead atoms. The lowest BCUT2D eigenvalue weighted by atomic mass is 9.87. The van der Waals surface area contributed by atoms with Crippen LogP contribution in [0.4, 0.5) is 4.39 Å². The summed E-state index contributed by atoms with van der Waals surface area (Å²) in [6.45, 7) is 6.44. The fourth-order valence-corrected chi connectivity index (χ4v) is 2.90. The van der Waals surface area contributed by atoms with Crippen molar-refractivity contribution in [2.45, 2.75) is 51.6 Å². The standard InChI is InChI=1S/C14H20FN/c1-4-14-13(8-10(3)16-14)12-6-5-11(15)7-9(12)2/h5-7,10,13-14,16H,4,8H2,1-3H3. The lowest BCUT2D eigenvalue weighted by molar-refractivity contribution is 0.515. The topological polar surface area (TPSA) is 12.0 Å². The summed E-state index contributed by atoms with van der Waals surface area (Å²) >= 11 is 0. The van der Waals surface area contributed by atoms with Crippen molar-refractivity contribution >= 4 is 0 Å². The van der Waals surface area contributed by atoms with Crippen molar-refractivity contribution in [3.8, 4) is 0 Å². The van der Waals surface area contributed by atoms with Crippen LogP contribution in [0.25, 0.3) is 0 Å². The molecule has 1 aromatic rings. The van der Waals surface area contributed by atoms with Crippen molar-refractivity contribution < 1.29 is 4.39 Å². The fourth-order valence-electron chi connectivity index (χ4n) is 2.90. The van der Waals surface area contributed by atoms with Crippen molar-refractivity contribution in [1.82, 2.24) is 5.32 Å². The molecule has 88 valence electrons. The van der Waals surface area contributed by atoms with Crippen molar-refractivity contribution in [2.24, 2.45) is 0 Å². The Morgan fingerprint density at radius 1 is 1.44 bits per heavy atom. The molecule has 0 spiro atoms. The van der Waals surface area contributed by atoms with Gasteiger partial charge in [0.15, 0.2) is 0 Å².